The highest BCUT2D eigenvalue weighted by Crippen LogP contribution is 2.23. The number of amides is 1. The van der Waals surface area contributed by atoms with E-state index in [2.05, 4.69) is 25.9 Å². The Bertz CT molecular complexity index is 980. The van der Waals surface area contributed by atoms with Gasteiger partial charge in [0.25, 0.3) is 5.91 Å². The molecule has 0 atom stereocenters. The Hall–Kier alpha value is -3.68. The molecule has 0 aliphatic heterocycles. The summed E-state index contributed by atoms with van der Waals surface area (Å²) in [5.74, 6) is -0.635. The van der Waals surface area contributed by atoms with E-state index in [0.29, 0.717) is 23.5 Å². The molecule has 8 heteroatoms. The molecular formula is C20H20FN5O2. The largest absolute Gasteiger partial charge is 0.508 e. The quantitative estimate of drug-likeness (QED) is 0.495. The van der Waals surface area contributed by atoms with Crippen LogP contribution in [0.25, 0.3) is 0 Å². The topological polar surface area (TPSA) is 99.2 Å². The van der Waals surface area contributed by atoms with E-state index in [1.54, 1.807) is 36.4 Å². The van der Waals surface area contributed by atoms with E-state index in [-0.39, 0.29) is 23.4 Å². The standard InChI is InChI=1S/C20H20FN5O2/c1-2-9-22-19(28)13-5-3-6-14(10-13)25-20-23-12-17(21)18(26-20)24-15-7-4-8-16(27)11-15/h3-8,10-12,27H,2,9H2,1H3,(H,22,28)(H2,23,24,25,26). The monoisotopic (exact) mass is 381 g/mol. The molecule has 1 heterocycles. The van der Waals surface area contributed by atoms with Crippen LogP contribution in [0.15, 0.2) is 54.7 Å². The third-order valence-electron chi connectivity index (χ3n) is 3.77. The number of phenolic OH excluding ortho intramolecular Hbond substituents is 1. The molecule has 1 aromatic heterocycles. The van der Waals surface area contributed by atoms with E-state index >= 15 is 0 Å². The molecule has 2 aromatic carbocycles. The first-order valence-corrected chi connectivity index (χ1v) is 8.79. The van der Waals surface area contributed by atoms with Gasteiger partial charge in [-0.05, 0) is 36.8 Å². The minimum atomic E-state index is -0.637. The number of hydrogen-bond acceptors (Lipinski definition) is 6. The van der Waals surface area contributed by atoms with Gasteiger partial charge in [-0.15, -0.1) is 0 Å². The van der Waals surface area contributed by atoms with Crippen LogP contribution < -0.4 is 16.0 Å². The zero-order valence-electron chi connectivity index (χ0n) is 15.2. The van der Waals surface area contributed by atoms with Gasteiger partial charge in [-0.25, -0.2) is 9.37 Å². The van der Waals surface area contributed by atoms with Crippen LogP contribution in [0.1, 0.15) is 23.7 Å². The van der Waals surface area contributed by atoms with Crippen molar-refractivity contribution < 1.29 is 14.3 Å². The average Bonchev–Trinajstić information content (AvgIpc) is 2.69. The lowest BCUT2D eigenvalue weighted by Crippen LogP contribution is -2.23. The summed E-state index contributed by atoms with van der Waals surface area (Å²) in [6.45, 7) is 2.58. The Morgan fingerprint density at radius 2 is 1.86 bits per heavy atom. The maximum Gasteiger partial charge on any atom is 0.251 e. The fraction of sp³-hybridized carbons (Fsp3) is 0.150. The SMILES string of the molecule is CCCNC(=O)c1cccc(Nc2ncc(F)c(Nc3cccc(O)c3)n2)c1. The number of anilines is 4. The Morgan fingerprint density at radius 3 is 2.61 bits per heavy atom. The van der Waals surface area contributed by atoms with Gasteiger partial charge in [0.2, 0.25) is 5.95 Å². The van der Waals surface area contributed by atoms with Crippen molar-refractivity contribution in [2.75, 3.05) is 17.2 Å². The van der Waals surface area contributed by atoms with Gasteiger partial charge in [0, 0.05) is 29.5 Å². The van der Waals surface area contributed by atoms with Gasteiger partial charge in [-0.1, -0.05) is 19.1 Å². The van der Waals surface area contributed by atoms with Crippen LogP contribution in [-0.2, 0) is 0 Å². The van der Waals surface area contributed by atoms with Crippen LogP contribution in [0, 0.1) is 5.82 Å². The molecule has 0 aliphatic carbocycles. The summed E-state index contributed by atoms with van der Waals surface area (Å²) in [6.07, 6.45) is 1.89. The summed E-state index contributed by atoms with van der Waals surface area (Å²) in [5, 5.41) is 18.1. The average molecular weight is 381 g/mol. The zero-order chi connectivity index (χ0) is 19.9. The first-order chi connectivity index (χ1) is 13.5. The second kappa shape index (κ2) is 8.81. The Labute approximate surface area is 161 Å². The van der Waals surface area contributed by atoms with Crippen molar-refractivity contribution in [3.63, 3.8) is 0 Å². The van der Waals surface area contributed by atoms with Crippen molar-refractivity contribution in [3.05, 3.63) is 66.1 Å². The number of carbonyl (C=O) groups is 1. The van der Waals surface area contributed by atoms with E-state index in [0.717, 1.165) is 12.6 Å². The third-order valence-corrected chi connectivity index (χ3v) is 3.77. The Balaban J connectivity index is 1.77. The number of halogens is 1. The minimum absolute atomic E-state index is 0.0417. The molecule has 0 aliphatic rings. The normalized spacial score (nSPS) is 10.4. The van der Waals surface area contributed by atoms with Crippen molar-refractivity contribution in [3.8, 4) is 5.75 Å². The first kappa shape index (κ1) is 19.1. The molecule has 3 aromatic rings. The molecule has 0 spiro atoms. The maximum atomic E-state index is 14.1. The van der Waals surface area contributed by atoms with E-state index in [1.807, 2.05) is 6.92 Å². The molecule has 0 saturated carbocycles. The number of aromatic hydroxyl groups is 1. The number of aromatic nitrogens is 2. The van der Waals surface area contributed by atoms with E-state index in [1.165, 1.54) is 12.1 Å². The highest BCUT2D eigenvalue weighted by Gasteiger charge is 2.10. The molecule has 0 fully saturated rings. The van der Waals surface area contributed by atoms with Gasteiger partial charge < -0.3 is 21.1 Å². The number of hydrogen-bond donors (Lipinski definition) is 4. The summed E-state index contributed by atoms with van der Waals surface area (Å²) in [6, 6.07) is 13.1. The molecule has 0 radical (unpaired) electrons. The van der Waals surface area contributed by atoms with Crippen LogP contribution in [-0.4, -0.2) is 27.5 Å². The molecule has 4 N–H and O–H groups in total. The lowest BCUT2D eigenvalue weighted by molar-refractivity contribution is 0.0953. The van der Waals surface area contributed by atoms with E-state index in [9.17, 15) is 14.3 Å². The lowest BCUT2D eigenvalue weighted by Gasteiger charge is -2.10. The Kier molecular flexibility index (Phi) is 6.01. The zero-order valence-corrected chi connectivity index (χ0v) is 15.2. The fourth-order valence-corrected chi connectivity index (χ4v) is 2.44. The lowest BCUT2D eigenvalue weighted by atomic mass is 10.2. The molecule has 0 saturated heterocycles. The van der Waals surface area contributed by atoms with Crippen molar-refractivity contribution in [1.82, 2.24) is 15.3 Å². The third kappa shape index (κ3) is 4.94. The molecule has 144 valence electrons. The summed E-state index contributed by atoms with van der Waals surface area (Å²) in [5.41, 5.74) is 1.58. The smallest absolute Gasteiger partial charge is 0.251 e. The van der Waals surface area contributed by atoms with Crippen molar-refractivity contribution >= 4 is 29.0 Å². The van der Waals surface area contributed by atoms with Crippen LogP contribution in [0.4, 0.5) is 27.5 Å². The minimum Gasteiger partial charge on any atom is -0.508 e. The summed E-state index contributed by atoms with van der Waals surface area (Å²) in [7, 11) is 0. The van der Waals surface area contributed by atoms with E-state index < -0.39 is 5.82 Å². The van der Waals surface area contributed by atoms with Gasteiger partial charge in [-0.3, -0.25) is 4.79 Å². The molecule has 0 unspecified atom stereocenters. The predicted molar refractivity (Wildman–Crippen MR) is 106 cm³/mol. The Morgan fingerprint density at radius 1 is 1.11 bits per heavy atom. The highest BCUT2D eigenvalue weighted by molar-refractivity contribution is 5.95. The van der Waals surface area contributed by atoms with Crippen LogP contribution in [0.5, 0.6) is 5.75 Å². The second-order valence-electron chi connectivity index (χ2n) is 6.03. The molecule has 7 nitrogen and oxygen atoms in total. The number of phenols is 1. The highest BCUT2D eigenvalue weighted by atomic mass is 19.1. The molecule has 28 heavy (non-hydrogen) atoms. The number of carbonyl (C=O) groups excluding carboxylic acids is 1. The van der Waals surface area contributed by atoms with Gasteiger partial charge >= 0.3 is 0 Å². The van der Waals surface area contributed by atoms with Crippen LogP contribution in [0.3, 0.4) is 0 Å². The number of nitrogens with one attached hydrogen (secondary N) is 3. The molecule has 1 amide bonds. The molecular weight excluding hydrogens is 361 g/mol. The fourth-order valence-electron chi connectivity index (χ4n) is 2.44. The van der Waals surface area contributed by atoms with Crippen LogP contribution >= 0.6 is 0 Å². The number of nitrogens with zero attached hydrogens (tertiary/aromatic N) is 2. The maximum absolute atomic E-state index is 14.1. The number of benzene rings is 2. The van der Waals surface area contributed by atoms with Gasteiger partial charge in [0.1, 0.15) is 5.75 Å². The first-order valence-electron chi connectivity index (χ1n) is 8.79. The van der Waals surface area contributed by atoms with Crippen molar-refractivity contribution in [1.29, 1.82) is 0 Å². The number of rotatable bonds is 7. The van der Waals surface area contributed by atoms with Gasteiger partial charge in [-0.2, -0.15) is 4.98 Å². The summed E-state index contributed by atoms with van der Waals surface area (Å²) >= 11 is 0. The molecule has 0 bridgehead atoms. The molecule has 3 rings (SSSR count). The predicted octanol–water partition coefficient (Wildman–Crippen LogP) is 3.95. The van der Waals surface area contributed by atoms with Crippen LogP contribution in [0.2, 0.25) is 0 Å². The van der Waals surface area contributed by atoms with Crippen molar-refractivity contribution in [2.24, 2.45) is 0 Å². The summed E-state index contributed by atoms with van der Waals surface area (Å²) < 4.78 is 14.1. The van der Waals surface area contributed by atoms with Gasteiger partial charge in [0.05, 0.1) is 6.20 Å². The summed E-state index contributed by atoms with van der Waals surface area (Å²) in [4.78, 5) is 20.1. The second-order valence-corrected chi connectivity index (χ2v) is 6.03. The van der Waals surface area contributed by atoms with Gasteiger partial charge in [0.15, 0.2) is 11.6 Å². The van der Waals surface area contributed by atoms with Crippen molar-refractivity contribution in [2.45, 2.75) is 13.3 Å². The van der Waals surface area contributed by atoms with E-state index in [4.69, 9.17) is 0 Å².